The Morgan fingerprint density at radius 1 is 1.36 bits per heavy atom. The molecule has 3 heteroatoms. The van der Waals surface area contributed by atoms with Crippen LogP contribution in [-0.2, 0) is 4.79 Å². The quantitative estimate of drug-likeness (QED) is 0.796. The molecule has 1 N–H and O–H groups in total. The molecule has 0 amide bonds. The van der Waals surface area contributed by atoms with E-state index in [0.29, 0.717) is 0 Å². The molecule has 0 bridgehead atoms. The van der Waals surface area contributed by atoms with Gasteiger partial charge in [0.1, 0.15) is 6.54 Å². The van der Waals surface area contributed by atoms with E-state index < -0.39 is 5.97 Å². The number of carboxylic acids is 1. The van der Waals surface area contributed by atoms with Gasteiger partial charge in [0.25, 0.3) is 0 Å². The Hall–Kier alpha value is -1.51. The first kappa shape index (κ1) is 10.6. The zero-order chi connectivity index (χ0) is 10.7. The number of anilines is 1. The molecule has 0 saturated heterocycles. The molecule has 0 aliphatic carbocycles. The van der Waals surface area contributed by atoms with Crippen molar-refractivity contribution in [1.29, 1.82) is 0 Å². The lowest BCUT2D eigenvalue weighted by molar-refractivity contribution is -0.135. The molecule has 0 radical (unpaired) electrons. The number of benzene rings is 1. The number of rotatable bonds is 3. The first-order chi connectivity index (χ1) is 6.52. The maximum atomic E-state index is 10.6. The van der Waals surface area contributed by atoms with Crippen LogP contribution in [0.2, 0.25) is 0 Å². The lowest BCUT2D eigenvalue weighted by Crippen LogP contribution is -2.26. The molecule has 0 aromatic heterocycles. The largest absolute Gasteiger partial charge is 0.480 e. The number of hydrogen-bond acceptors (Lipinski definition) is 2. The zero-order valence-corrected chi connectivity index (χ0v) is 8.74. The highest BCUT2D eigenvalue weighted by molar-refractivity contribution is 5.75. The number of hydrogen-bond donors (Lipinski definition) is 1. The van der Waals surface area contributed by atoms with Crippen molar-refractivity contribution in [2.75, 3.05) is 18.5 Å². The lowest BCUT2D eigenvalue weighted by Gasteiger charge is -2.21. The van der Waals surface area contributed by atoms with Crippen LogP contribution in [-0.4, -0.2) is 24.7 Å². The fraction of sp³-hybridized carbons (Fsp3) is 0.364. The molecule has 0 aliphatic heterocycles. The minimum atomic E-state index is -0.810. The maximum Gasteiger partial charge on any atom is 0.323 e. The van der Waals surface area contributed by atoms with Crippen molar-refractivity contribution in [3.8, 4) is 0 Å². The van der Waals surface area contributed by atoms with Gasteiger partial charge < -0.3 is 10.0 Å². The summed E-state index contributed by atoms with van der Waals surface area (Å²) < 4.78 is 0. The molecule has 3 nitrogen and oxygen atoms in total. The third-order valence-corrected chi connectivity index (χ3v) is 2.19. The van der Waals surface area contributed by atoms with Crippen molar-refractivity contribution < 1.29 is 9.90 Å². The molecule has 1 aromatic rings. The fourth-order valence-corrected chi connectivity index (χ4v) is 1.69. The normalized spacial score (nSPS) is 9.93. The molecular formula is C11H15NO2. The Morgan fingerprint density at radius 3 is 2.29 bits per heavy atom. The molecule has 0 unspecified atom stereocenters. The average molecular weight is 193 g/mol. The Balaban J connectivity index is 2.99. The highest BCUT2D eigenvalue weighted by atomic mass is 16.4. The molecule has 0 saturated carbocycles. The summed E-state index contributed by atoms with van der Waals surface area (Å²) in [5, 5.41) is 8.69. The highest BCUT2D eigenvalue weighted by Gasteiger charge is 2.09. The third-order valence-electron chi connectivity index (χ3n) is 2.19. The SMILES string of the molecule is Cc1cccc(C)c1N(C)CC(=O)O. The number of carboxylic acid groups (broad SMARTS) is 1. The second-order valence-corrected chi connectivity index (χ2v) is 3.49. The Morgan fingerprint density at radius 2 is 1.86 bits per heavy atom. The molecule has 0 fully saturated rings. The van der Waals surface area contributed by atoms with Gasteiger partial charge in [0.05, 0.1) is 0 Å². The summed E-state index contributed by atoms with van der Waals surface area (Å²) in [5.74, 6) is -0.810. The van der Waals surface area contributed by atoms with Gasteiger partial charge in [-0.15, -0.1) is 0 Å². The topological polar surface area (TPSA) is 40.5 Å². The van der Waals surface area contributed by atoms with Gasteiger partial charge in [-0.25, -0.2) is 0 Å². The second-order valence-electron chi connectivity index (χ2n) is 3.49. The first-order valence-corrected chi connectivity index (χ1v) is 4.51. The summed E-state index contributed by atoms with van der Waals surface area (Å²) in [6, 6.07) is 5.95. The van der Waals surface area contributed by atoms with E-state index in [2.05, 4.69) is 0 Å². The van der Waals surface area contributed by atoms with E-state index >= 15 is 0 Å². The maximum absolute atomic E-state index is 10.6. The number of carbonyl (C=O) groups is 1. The fourth-order valence-electron chi connectivity index (χ4n) is 1.69. The lowest BCUT2D eigenvalue weighted by atomic mass is 10.1. The first-order valence-electron chi connectivity index (χ1n) is 4.51. The van der Waals surface area contributed by atoms with Crippen LogP contribution in [0, 0.1) is 13.8 Å². The molecule has 0 heterocycles. The predicted molar refractivity (Wildman–Crippen MR) is 56.8 cm³/mol. The molecular weight excluding hydrogens is 178 g/mol. The second kappa shape index (κ2) is 4.13. The van der Waals surface area contributed by atoms with Crippen molar-refractivity contribution in [3.63, 3.8) is 0 Å². The number of aryl methyl sites for hydroxylation is 2. The van der Waals surface area contributed by atoms with Crippen LogP contribution in [0.25, 0.3) is 0 Å². The van der Waals surface area contributed by atoms with E-state index in [-0.39, 0.29) is 6.54 Å². The van der Waals surface area contributed by atoms with Crippen LogP contribution in [0.3, 0.4) is 0 Å². The Bertz CT molecular complexity index is 327. The smallest absolute Gasteiger partial charge is 0.323 e. The van der Waals surface area contributed by atoms with Crippen molar-refractivity contribution in [3.05, 3.63) is 29.3 Å². The standard InChI is InChI=1S/C11H15NO2/c1-8-5-4-6-9(2)11(8)12(3)7-10(13)14/h4-6H,7H2,1-3H3,(H,13,14). The van der Waals surface area contributed by atoms with E-state index in [1.807, 2.05) is 32.0 Å². The summed E-state index contributed by atoms with van der Waals surface area (Å²) in [5.41, 5.74) is 3.22. The number of aliphatic carboxylic acids is 1. The summed E-state index contributed by atoms with van der Waals surface area (Å²) in [4.78, 5) is 12.3. The van der Waals surface area contributed by atoms with Crippen LogP contribution < -0.4 is 4.90 Å². The molecule has 14 heavy (non-hydrogen) atoms. The van der Waals surface area contributed by atoms with Gasteiger partial charge in [-0.1, -0.05) is 18.2 Å². The van der Waals surface area contributed by atoms with Crippen molar-refractivity contribution in [2.45, 2.75) is 13.8 Å². The summed E-state index contributed by atoms with van der Waals surface area (Å²) in [6.45, 7) is 4.01. The average Bonchev–Trinajstić information content (AvgIpc) is 2.01. The van der Waals surface area contributed by atoms with Crippen LogP contribution >= 0.6 is 0 Å². The van der Waals surface area contributed by atoms with Crippen LogP contribution in [0.15, 0.2) is 18.2 Å². The summed E-state index contributed by atoms with van der Waals surface area (Å²) in [6.07, 6.45) is 0. The minimum absolute atomic E-state index is 0.0334. The monoisotopic (exact) mass is 193 g/mol. The van der Waals surface area contributed by atoms with Crippen LogP contribution in [0.1, 0.15) is 11.1 Å². The van der Waals surface area contributed by atoms with Gasteiger partial charge in [-0.2, -0.15) is 0 Å². The van der Waals surface area contributed by atoms with Crippen molar-refractivity contribution in [1.82, 2.24) is 0 Å². The van der Waals surface area contributed by atoms with Gasteiger partial charge in [0.15, 0.2) is 0 Å². The number of nitrogens with zero attached hydrogens (tertiary/aromatic N) is 1. The molecule has 0 spiro atoms. The molecule has 1 rings (SSSR count). The Kier molecular flexibility index (Phi) is 3.12. The zero-order valence-electron chi connectivity index (χ0n) is 8.74. The predicted octanol–water partition coefficient (Wildman–Crippen LogP) is 1.82. The van der Waals surface area contributed by atoms with E-state index in [0.717, 1.165) is 16.8 Å². The van der Waals surface area contributed by atoms with Crippen LogP contribution in [0.5, 0.6) is 0 Å². The van der Waals surface area contributed by atoms with Crippen molar-refractivity contribution >= 4 is 11.7 Å². The third kappa shape index (κ3) is 2.25. The van der Waals surface area contributed by atoms with E-state index in [9.17, 15) is 4.79 Å². The molecule has 1 aromatic carbocycles. The van der Waals surface area contributed by atoms with Gasteiger partial charge in [0.2, 0.25) is 0 Å². The van der Waals surface area contributed by atoms with E-state index in [1.54, 1.807) is 11.9 Å². The molecule has 0 atom stereocenters. The van der Waals surface area contributed by atoms with Crippen LogP contribution in [0.4, 0.5) is 5.69 Å². The summed E-state index contributed by atoms with van der Waals surface area (Å²) in [7, 11) is 1.80. The van der Waals surface area contributed by atoms with Gasteiger partial charge in [-0.05, 0) is 25.0 Å². The van der Waals surface area contributed by atoms with Gasteiger partial charge >= 0.3 is 5.97 Å². The van der Waals surface area contributed by atoms with Gasteiger partial charge in [-0.3, -0.25) is 4.79 Å². The van der Waals surface area contributed by atoms with Crippen molar-refractivity contribution in [2.24, 2.45) is 0 Å². The Labute approximate surface area is 84.0 Å². The summed E-state index contributed by atoms with van der Waals surface area (Å²) >= 11 is 0. The molecule has 0 aliphatic rings. The number of likely N-dealkylation sites (N-methyl/N-ethyl adjacent to an activating group) is 1. The molecule has 76 valence electrons. The minimum Gasteiger partial charge on any atom is -0.480 e. The van der Waals surface area contributed by atoms with E-state index in [1.165, 1.54) is 0 Å². The highest BCUT2D eigenvalue weighted by Crippen LogP contribution is 2.22. The van der Waals surface area contributed by atoms with Gasteiger partial charge in [0, 0.05) is 12.7 Å². The number of para-hydroxylation sites is 1. The van der Waals surface area contributed by atoms with E-state index in [4.69, 9.17) is 5.11 Å².